The zero-order chi connectivity index (χ0) is 16.9. The molecule has 0 fully saturated rings. The third-order valence-corrected chi connectivity index (χ3v) is 2.76. The molecule has 0 aliphatic heterocycles. The Balaban J connectivity index is 3.18. The fraction of sp³-hybridized carbons (Fsp3) is 0.455. The molecule has 120 valence electrons. The molecule has 0 spiro atoms. The summed E-state index contributed by atoms with van der Waals surface area (Å²) in [5.74, 6) is -1.66. The van der Waals surface area contributed by atoms with Crippen molar-refractivity contribution >= 4 is 35.0 Å². The maximum atomic E-state index is 12.1. The number of nitrogens with two attached hydrogens (primary N) is 1. The predicted molar refractivity (Wildman–Crippen MR) is 78.8 cm³/mol. The number of nitrogens with zero attached hydrogens (tertiary/aromatic N) is 3. The van der Waals surface area contributed by atoms with Crippen LogP contribution >= 0.6 is 12.2 Å². The van der Waals surface area contributed by atoms with Crippen molar-refractivity contribution in [3.05, 3.63) is 22.1 Å². The molecule has 1 aromatic heterocycles. The highest BCUT2D eigenvalue weighted by Gasteiger charge is 2.35. The van der Waals surface area contributed by atoms with Gasteiger partial charge in [-0.1, -0.05) is 0 Å². The molecule has 0 aliphatic rings. The first-order valence-electron chi connectivity index (χ1n) is 6.22. The van der Waals surface area contributed by atoms with Crippen LogP contribution in [0.4, 0.5) is 5.82 Å². The van der Waals surface area contributed by atoms with Crippen molar-refractivity contribution in [3.8, 4) is 0 Å². The van der Waals surface area contributed by atoms with E-state index in [0.717, 1.165) is 10.8 Å². The van der Waals surface area contributed by atoms with E-state index >= 15 is 0 Å². The summed E-state index contributed by atoms with van der Waals surface area (Å²) in [6.45, 7) is 3.12. The van der Waals surface area contributed by atoms with Crippen molar-refractivity contribution < 1.29 is 19.2 Å². The zero-order valence-electron chi connectivity index (χ0n) is 11.9. The van der Waals surface area contributed by atoms with E-state index in [2.05, 4.69) is 22.5 Å². The fourth-order valence-corrected chi connectivity index (χ4v) is 1.96. The highest BCUT2D eigenvalue weighted by Crippen LogP contribution is 2.24. The molecule has 1 heterocycles. The molecular weight excluding hydrogens is 314 g/mol. The van der Waals surface area contributed by atoms with E-state index in [-0.39, 0.29) is 17.5 Å². The van der Waals surface area contributed by atoms with Gasteiger partial charge in [0, 0.05) is 6.92 Å². The Morgan fingerprint density at radius 2 is 2.27 bits per heavy atom. The minimum absolute atomic E-state index is 0.0633. The Bertz CT molecular complexity index is 614. The number of imidazole rings is 1. The number of hydrogen-bond donors (Lipinski definition) is 2. The van der Waals surface area contributed by atoms with Gasteiger partial charge in [0.2, 0.25) is 11.9 Å². The van der Waals surface area contributed by atoms with Gasteiger partial charge in [0.15, 0.2) is 10.9 Å². The molecule has 1 aromatic rings. The Morgan fingerprint density at radius 3 is 2.77 bits per heavy atom. The molecule has 0 aliphatic carbocycles. The van der Waals surface area contributed by atoms with Crippen molar-refractivity contribution in [1.82, 2.24) is 14.9 Å². The molecule has 0 saturated heterocycles. The van der Waals surface area contributed by atoms with Crippen molar-refractivity contribution in [1.29, 1.82) is 0 Å². The molecule has 0 saturated carbocycles. The molecule has 0 bridgehead atoms. The molecule has 3 N–H and O–H groups in total. The molecule has 1 rings (SSSR count). The van der Waals surface area contributed by atoms with Crippen LogP contribution in [0.25, 0.3) is 0 Å². The number of nitrogens with one attached hydrogen (secondary N) is 1. The minimum Gasteiger partial charge on any atom is -0.463 e. The second-order valence-electron chi connectivity index (χ2n) is 4.18. The van der Waals surface area contributed by atoms with Crippen molar-refractivity contribution in [3.63, 3.8) is 0 Å². The van der Waals surface area contributed by atoms with Crippen LogP contribution in [-0.4, -0.2) is 38.1 Å². The van der Waals surface area contributed by atoms with Crippen LogP contribution in [-0.2, 0) is 14.3 Å². The molecule has 1 unspecified atom stereocenters. The average molecular weight is 329 g/mol. The predicted octanol–water partition coefficient (Wildman–Crippen LogP) is -0.0462. The first-order valence-corrected chi connectivity index (χ1v) is 6.62. The van der Waals surface area contributed by atoms with E-state index < -0.39 is 35.1 Å². The summed E-state index contributed by atoms with van der Waals surface area (Å²) in [7, 11) is 0. The number of nitro groups is 1. The van der Waals surface area contributed by atoms with Gasteiger partial charge < -0.3 is 25.9 Å². The number of esters is 1. The largest absolute Gasteiger partial charge is 0.463 e. The average Bonchev–Trinajstić information content (AvgIpc) is 2.77. The number of amides is 1. The summed E-state index contributed by atoms with van der Waals surface area (Å²) in [4.78, 5) is 38.0. The second kappa shape index (κ2) is 7.45. The smallest absolute Gasteiger partial charge is 0.352 e. The Labute approximate surface area is 130 Å². The van der Waals surface area contributed by atoms with Crippen molar-refractivity contribution in [2.75, 3.05) is 6.61 Å². The highest BCUT2D eigenvalue weighted by atomic mass is 32.1. The molecule has 10 nitrogen and oxygen atoms in total. The van der Waals surface area contributed by atoms with E-state index in [1.165, 1.54) is 6.92 Å². The second-order valence-corrected chi connectivity index (χ2v) is 4.61. The lowest BCUT2D eigenvalue weighted by Gasteiger charge is -2.15. The van der Waals surface area contributed by atoms with Crippen molar-refractivity contribution in [2.45, 2.75) is 26.3 Å². The van der Waals surface area contributed by atoms with Crippen LogP contribution in [0.3, 0.4) is 0 Å². The van der Waals surface area contributed by atoms with Gasteiger partial charge in [0.05, 0.1) is 13.0 Å². The number of thiocarbonyl (C=S) groups is 1. The molecule has 22 heavy (non-hydrogen) atoms. The monoisotopic (exact) mass is 329 g/mol. The van der Waals surface area contributed by atoms with Gasteiger partial charge in [-0.2, -0.15) is 4.57 Å². The SMILES string of the molecule is CCOC(=O)C(CC(=O)NC(N)=S)n1c([N+](=O)[O-])cnc1C. The van der Waals surface area contributed by atoms with Crippen LogP contribution in [0.2, 0.25) is 0 Å². The highest BCUT2D eigenvalue weighted by molar-refractivity contribution is 7.80. The number of carbonyl (C=O) groups excluding carboxylic acids is 2. The summed E-state index contributed by atoms with van der Waals surface area (Å²) < 4.78 is 5.91. The normalized spacial score (nSPS) is 11.5. The van der Waals surface area contributed by atoms with Crippen LogP contribution in [0.1, 0.15) is 25.2 Å². The number of rotatable bonds is 6. The molecular formula is C11H15N5O5S. The Kier molecular flexibility index (Phi) is 5.92. The van der Waals surface area contributed by atoms with Gasteiger partial charge in [-0.05, 0) is 24.1 Å². The summed E-state index contributed by atoms with van der Waals surface area (Å²) in [5, 5.41) is 12.9. The quantitative estimate of drug-likeness (QED) is 0.320. The molecule has 1 amide bonds. The lowest BCUT2D eigenvalue weighted by atomic mass is 10.2. The van der Waals surface area contributed by atoms with Gasteiger partial charge in [0.1, 0.15) is 6.20 Å². The van der Waals surface area contributed by atoms with Gasteiger partial charge in [0.25, 0.3) is 0 Å². The Hall–Kier alpha value is -2.56. The Morgan fingerprint density at radius 1 is 1.64 bits per heavy atom. The number of carbonyl (C=O) groups is 2. The van der Waals surface area contributed by atoms with E-state index in [0.29, 0.717) is 0 Å². The summed E-state index contributed by atoms with van der Waals surface area (Å²) >= 11 is 4.54. The lowest BCUT2D eigenvalue weighted by molar-refractivity contribution is -0.392. The van der Waals surface area contributed by atoms with Crippen LogP contribution in [0.15, 0.2) is 6.20 Å². The first kappa shape index (κ1) is 17.5. The number of aryl methyl sites for hydroxylation is 1. The standard InChI is InChI=1S/C11H15N5O5S/c1-3-21-10(18)7(4-8(17)14-11(12)22)15-6(2)13-5-9(15)16(19)20/h5,7H,3-4H2,1-2H3,(H3,12,14,17,22). The molecule has 1 atom stereocenters. The fourth-order valence-electron chi connectivity index (χ4n) is 1.84. The lowest BCUT2D eigenvalue weighted by Crippen LogP contribution is -2.37. The summed E-state index contributed by atoms with van der Waals surface area (Å²) in [5.41, 5.74) is 5.19. The molecule has 0 radical (unpaired) electrons. The zero-order valence-corrected chi connectivity index (χ0v) is 12.8. The van der Waals surface area contributed by atoms with Gasteiger partial charge in [-0.25, -0.2) is 9.78 Å². The minimum atomic E-state index is -1.24. The van der Waals surface area contributed by atoms with E-state index in [1.54, 1.807) is 6.92 Å². The number of aromatic nitrogens is 2. The summed E-state index contributed by atoms with van der Waals surface area (Å²) in [6, 6.07) is -1.24. The maximum absolute atomic E-state index is 12.1. The van der Waals surface area contributed by atoms with Gasteiger partial charge >= 0.3 is 11.8 Å². The topological polar surface area (TPSA) is 142 Å². The van der Waals surface area contributed by atoms with E-state index in [1.807, 2.05) is 0 Å². The van der Waals surface area contributed by atoms with E-state index in [4.69, 9.17) is 10.5 Å². The van der Waals surface area contributed by atoms with Crippen LogP contribution in [0.5, 0.6) is 0 Å². The third-order valence-electron chi connectivity index (χ3n) is 2.66. The van der Waals surface area contributed by atoms with Gasteiger partial charge in [-0.15, -0.1) is 0 Å². The van der Waals surface area contributed by atoms with Crippen LogP contribution in [0, 0.1) is 17.0 Å². The summed E-state index contributed by atoms with van der Waals surface area (Å²) in [6.07, 6.45) is 0.585. The van der Waals surface area contributed by atoms with Crippen molar-refractivity contribution in [2.24, 2.45) is 5.73 Å². The molecule has 0 aromatic carbocycles. The third kappa shape index (κ3) is 4.22. The van der Waals surface area contributed by atoms with E-state index in [9.17, 15) is 19.7 Å². The van der Waals surface area contributed by atoms with Gasteiger partial charge in [-0.3, -0.25) is 4.79 Å². The van der Waals surface area contributed by atoms with Crippen LogP contribution < -0.4 is 11.1 Å². The first-order chi connectivity index (χ1) is 10.3. The molecule has 11 heteroatoms. The maximum Gasteiger partial charge on any atom is 0.352 e. The number of hydrogen-bond acceptors (Lipinski definition) is 7. The number of ether oxygens (including phenoxy) is 1.